The lowest BCUT2D eigenvalue weighted by Crippen LogP contribution is -2.48. The maximum atomic E-state index is 12.0. The van der Waals surface area contributed by atoms with Gasteiger partial charge in [0.15, 0.2) is 0 Å². The zero-order valence-corrected chi connectivity index (χ0v) is 26.0. The molecule has 1 aromatic carbocycles. The molecule has 0 bridgehead atoms. The molecule has 44 heavy (non-hydrogen) atoms. The summed E-state index contributed by atoms with van der Waals surface area (Å²) in [5.74, 6) is -2.97. The van der Waals surface area contributed by atoms with E-state index in [1.54, 1.807) is 14.7 Å². The minimum atomic E-state index is -0.915. The first-order valence-electron chi connectivity index (χ1n) is 15.6. The van der Waals surface area contributed by atoms with Gasteiger partial charge in [0.2, 0.25) is 11.8 Å². The van der Waals surface area contributed by atoms with Crippen molar-refractivity contribution in [1.29, 1.82) is 0 Å². The Bertz CT molecular complexity index is 1190. The predicted molar refractivity (Wildman–Crippen MR) is 160 cm³/mol. The molecule has 4 saturated heterocycles. The fourth-order valence-corrected chi connectivity index (χ4v) is 6.42. The zero-order chi connectivity index (χ0) is 32.0. The first-order valence-corrected chi connectivity index (χ1v) is 15.6. The number of nitrogens with zero attached hydrogens (tertiary/aromatic N) is 4. The highest BCUT2D eigenvalue weighted by molar-refractivity contribution is 5.87. The predicted octanol–water partition coefficient (Wildman–Crippen LogP) is 2.90. The Labute approximate surface area is 258 Å². The van der Waals surface area contributed by atoms with Crippen LogP contribution in [0.5, 0.6) is 0 Å². The molecule has 3 amide bonds. The van der Waals surface area contributed by atoms with Gasteiger partial charge < -0.3 is 29.6 Å². The molecule has 2 unspecified atom stereocenters. The third-order valence-corrected chi connectivity index (χ3v) is 8.82. The summed E-state index contributed by atoms with van der Waals surface area (Å²) in [6.45, 7) is 10.1. The number of carboxylic acid groups (broad SMARTS) is 2. The summed E-state index contributed by atoms with van der Waals surface area (Å²) in [5.41, 5.74) is 0.789. The number of hydrogen-bond donors (Lipinski definition) is 2. The van der Waals surface area contributed by atoms with Crippen LogP contribution in [-0.4, -0.2) is 117 Å². The van der Waals surface area contributed by atoms with Crippen molar-refractivity contribution in [3.63, 3.8) is 0 Å². The van der Waals surface area contributed by atoms with E-state index in [9.17, 15) is 24.0 Å². The third kappa shape index (κ3) is 8.93. The number of carbonyl (C=O) groups is 5. The van der Waals surface area contributed by atoms with Gasteiger partial charge in [0.25, 0.3) is 0 Å². The van der Waals surface area contributed by atoms with Gasteiger partial charge >= 0.3 is 18.0 Å². The average molecular weight is 615 g/mol. The van der Waals surface area contributed by atoms with Crippen LogP contribution in [0.2, 0.25) is 0 Å². The van der Waals surface area contributed by atoms with E-state index >= 15 is 0 Å². The molecule has 4 heterocycles. The van der Waals surface area contributed by atoms with E-state index in [0.29, 0.717) is 32.5 Å². The number of piperidine rings is 2. The number of aliphatic carboxylic acids is 2. The highest BCUT2D eigenvalue weighted by Gasteiger charge is 2.40. The summed E-state index contributed by atoms with van der Waals surface area (Å²) in [4.78, 5) is 65.5. The molecule has 2 N–H and O–H groups in total. The van der Waals surface area contributed by atoms with Crippen molar-refractivity contribution in [3.05, 3.63) is 35.9 Å². The van der Waals surface area contributed by atoms with E-state index in [1.165, 1.54) is 5.56 Å². The molecular weight excluding hydrogens is 568 g/mol. The quantitative estimate of drug-likeness (QED) is 0.494. The Morgan fingerprint density at radius 2 is 1.23 bits per heavy atom. The second kappa shape index (κ2) is 14.4. The number of rotatable bonds is 6. The lowest BCUT2D eigenvalue weighted by Gasteiger charge is -2.37. The minimum absolute atomic E-state index is 0.00825. The van der Waals surface area contributed by atoms with Crippen molar-refractivity contribution in [2.45, 2.75) is 83.5 Å². The molecule has 4 aliphatic heterocycles. The van der Waals surface area contributed by atoms with E-state index in [-0.39, 0.29) is 49.4 Å². The summed E-state index contributed by atoms with van der Waals surface area (Å²) < 4.78 is 5.34. The lowest BCUT2D eigenvalue weighted by molar-refractivity contribution is -0.142. The summed E-state index contributed by atoms with van der Waals surface area (Å²) in [7, 11) is 0. The van der Waals surface area contributed by atoms with Crippen LogP contribution in [0.25, 0.3) is 0 Å². The van der Waals surface area contributed by atoms with Crippen molar-refractivity contribution in [2.75, 3.05) is 39.3 Å². The average Bonchev–Trinajstić information content (AvgIpc) is 3.56. The number of amides is 3. The number of ether oxygens (including phenoxy) is 1. The van der Waals surface area contributed by atoms with Crippen LogP contribution in [0.3, 0.4) is 0 Å². The first-order chi connectivity index (χ1) is 20.8. The van der Waals surface area contributed by atoms with E-state index in [4.69, 9.17) is 14.9 Å². The summed E-state index contributed by atoms with van der Waals surface area (Å²) in [6.07, 6.45) is 3.12. The Balaban J connectivity index is 0.000000201. The number of carbonyl (C=O) groups excluding carboxylic acids is 3. The molecule has 4 fully saturated rings. The second-order valence-electron chi connectivity index (χ2n) is 13.3. The number of carboxylic acids is 2. The Morgan fingerprint density at radius 3 is 1.64 bits per heavy atom. The van der Waals surface area contributed by atoms with Crippen LogP contribution in [0.4, 0.5) is 4.79 Å². The van der Waals surface area contributed by atoms with Crippen LogP contribution in [0.1, 0.15) is 64.9 Å². The van der Waals surface area contributed by atoms with Crippen LogP contribution in [-0.2, 0) is 30.5 Å². The van der Waals surface area contributed by atoms with Crippen molar-refractivity contribution in [3.8, 4) is 0 Å². The molecule has 0 radical (unpaired) electrons. The molecule has 12 heteroatoms. The minimum Gasteiger partial charge on any atom is -0.481 e. The second-order valence-corrected chi connectivity index (χ2v) is 13.3. The lowest BCUT2D eigenvalue weighted by atomic mass is 10.0. The Kier molecular flexibility index (Phi) is 10.9. The topological polar surface area (TPSA) is 148 Å². The maximum absolute atomic E-state index is 12.0. The summed E-state index contributed by atoms with van der Waals surface area (Å²) in [5, 5.41) is 18.1. The van der Waals surface area contributed by atoms with Gasteiger partial charge in [0.1, 0.15) is 5.60 Å². The van der Waals surface area contributed by atoms with Gasteiger partial charge in [0.05, 0.1) is 11.8 Å². The largest absolute Gasteiger partial charge is 0.481 e. The number of likely N-dealkylation sites (tertiary alicyclic amines) is 4. The Morgan fingerprint density at radius 1 is 0.773 bits per heavy atom. The van der Waals surface area contributed by atoms with Crippen molar-refractivity contribution in [2.24, 2.45) is 11.8 Å². The highest BCUT2D eigenvalue weighted by atomic mass is 16.6. The molecule has 4 aliphatic rings. The fraction of sp³-hybridized carbons (Fsp3) is 0.656. The van der Waals surface area contributed by atoms with Gasteiger partial charge in [-0.15, -0.1) is 0 Å². The molecule has 12 nitrogen and oxygen atoms in total. The van der Waals surface area contributed by atoms with Gasteiger partial charge in [-0.2, -0.15) is 0 Å². The van der Waals surface area contributed by atoms with Crippen molar-refractivity contribution >= 4 is 29.8 Å². The van der Waals surface area contributed by atoms with Gasteiger partial charge in [-0.05, 0) is 52.0 Å². The standard InChI is InChI=1S/C17H22N2O3.C15H24N2O5/c20-16-10-14(17(21)22)12-19(16)15-6-8-18(9-7-15)11-13-4-2-1-3-5-13;1-15(2,3)22-14(21)16-6-4-11(5-7-16)17-9-10(13(19)20)8-12(17)18/h1-5,14-15H,6-12H2,(H,21,22);10-11H,4-9H2,1-3H3,(H,19,20). The maximum Gasteiger partial charge on any atom is 0.410 e. The zero-order valence-electron chi connectivity index (χ0n) is 26.0. The number of benzene rings is 1. The highest BCUT2D eigenvalue weighted by Crippen LogP contribution is 2.27. The molecule has 2 atom stereocenters. The van der Waals surface area contributed by atoms with Crippen LogP contribution < -0.4 is 0 Å². The van der Waals surface area contributed by atoms with Gasteiger partial charge in [-0.25, -0.2) is 4.79 Å². The Hall–Kier alpha value is -3.67. The van der Waals surface area contributed by atoms with E-state index < -0.39 is 29.4 Å². The van der Waals surface area contributed by atoms with Crippen LogP contribution in [0, 0.1) is 11.8 Å². The first kappa shape index (κ1) is 33.2. The number of hydrogen-bond acceptors (Lipinski definition) is 7. The van der Waals surface area contributed by atoms with Crippen molar-refractivity contribution in [1.82, 2.24) is 19.6 Å². The molecule has 0 spiro atoms. The van der Waals surface area contributed by atoms with E-state index in [2.05, 4.69) is 29.2 Å². The normalized spacial score (nSPS) is 23.8. The third-order valence-electron chi connectivity index (χ3n) is 8.82. The molecule has 0 saturated carbocycles. The van der Waals surface area contributed by atoms with E-state index in [1.807, 2.05) is 26.8 Å². The summed E-state index contributed by atoms with van der Waals surface area (Å²) in [6, 6.07) is 10.6. The summed E-state index contributed by atoms with van der Waals surface area (Å²) >= 11 is 0. The van der Waals surface area contributed by atoms with Gasteiger partial charge in [-0.1, -0.05) is 30.3 Å². The molecular formula is C32H46N4O8. The molecule has 242 valence electrons. The molecule has 5 rings (SSSR count). The van der Waals surface area contributed by atoms with Gasteiger partial charge in [0, 0.05) is 70.7 Å². The van der Waals surface area contributed by atoms with E-state index in [0.717, 1.165) is 32.5 Å². The van der Waals surface area contributed by atoms with Crippen LogP contribution in [0.15, 0.2) is 30.3 Å². The van der Waals surface area contributed by atoms with Crippen LogP contribution >= 0.6 is 0 Å². The van der Waals surface area contributed by atoms with Gasteiger partial charge in [-0.3, -0.25) is 24.1 Å². The van der Waals surface area contributed by atoms with Crippen molar-refractivity contribution < 1.29 is 38.9 Å². The fourth-order valence-electron chi connectivity index (χ4n) is 6.42. The molecule has 1 aromatic rings. The SMILES string of the molecule is CC(C)(C)OC(=O)N1CCC(N2CC(C(=O)O)CC2=O)CC1.O=C(O)C1CC(=O)N(C2CCN(Cc3ccccc3)CC2)C1. The monoisotopic (exact) mass is 614 g/mol. The molecule has 0 aliphatic carbocycles. The molecule has 0 aromatic heterocycles. The smallest absolute Gasteiger partial charge is 0.410 e.